The summed E-state index contributed by atoms with van der Waals surface area (Å²) in [4.78, 5) is 61.6. The second kappa shape index (κ2) is 21.2. The SMILES string of the molecule is CC(CCC=O)N(C)C(=O)c1cc(N2CC(OCC#Cc3ccc(OCCCOc4ccc(-c5ccc6c7cnccc7n(C)c6c5)cn4)cn3)C2)ccc1C=O.CNC=O. The molecule has 14 nitrogen and oxygen atoms in total. The molecule has 2 aromatic carbocycles. The third kappa shape index (κ3) is 10.9. The van der Waals surface area contributed by atoms with Gasteiger partial charge in [-0.05, 0) is 73.4 Å². The van der Waals surface area contributed by atoms with Gasteiger partial charge in [0.25, 0.3) is 5.91 Å². The molecule has 14 heteroatoms. The predicted octanol–water partition coefficient (Wildman–Crippen LogP) is 5.90. The van der Waals surface area contributed by atoms with Crippen molar-refractivity contribution in [1.29, 1.82) is 0 Å². The number of hydrogen-bond acceptors (Lipinski definition) is 11. The average molecular weight is 824 g/mol. The molecule has 2 amide bonds. The molecule has 61 heavy (non-hydrogen) atoms. The van der Waals surface area contributed by atoms with E-state index in [0.717, 1.165) is 39.5 Å². The van der Waals surface area contributed by atoms with Crippen LogP contribution in [0.2, 0.25) is 0 Å². The summed E-state index contributed by atoms with van der Waals surface area (Å²) >= 11 is 0. The van der Waals surface area contributed by atoms with Gasteiger partial charge in [0.05, 0.1) is 36.6 Å². The topological polar surface area (TPSA) is 158 Å². The minimum atomic E-state index is -0.249. The predicted molar refractivity (Wildman–Crippen MR) is 234 cm³/mol. The molecule has 1 aliphatic rings. The number of nitrogens with one attached hydrogen (secondary N) is 1. The molecule has 7 rings (SSSR count). The summed E-state index contributed by atoms with van der Waals surface area (Å²) in [5.41, 5.74) is 6.54. The highest BCUT2D eigenvalue weighted by atomic mass is 16.5. The number of aldehydes is 2. The van der Waals surface area contributed by atoms with Crippen molar-refractivity contribution >= 4 is 52.4 Å². The fourth-order valence-electron chi connectivity index (χ4n) is 6.80. The van der Waals surface area contributed by atoms with Gasteiger partial charge < -0.3 is 38.7 Å². The first-order valence-corrected chi connectivity index (χ1v) is 20.0. The Hall–Kier alpha value is -7.11. The molecule has 1 saturated heterocycles. The van der Waals surface area contributed by atoms with Crippen molar-refractivity contribution in [3.8, 4) is 34.6 Å². The highest BCUT2D eigenvalue weighted by molar-refractivity contribution is 6.08. The fraction of sp³-hybridized carbons (Fsp3) is 0.298. The lowest BCUT2D eigenvalue weighted by molar-refractivity contribution is -0.109. The van der Waals surface area contributed by atoms with Crippen molar-refractivity contribution in [3.05, 3.63) is 108 Å². The van der Waals surface area contributed by atoms with E-state index in [1.54, 1.807) is 37.3 Å². The molecule has 1 aliphatic heterocycles. The number of benzene rings is 2. The number of rotatable bonds is 17. The molecule has 0 saturated carbocycles. The molecule has 1 fully saturated rings. The number of aromatic nitrogens is 4. The van der Waals surface area contributed by atoms with Crippen molar-refractivity contribution in [2.75, 3.05) is 51.9 Å². The van der Waals surface area contributed by atoms with E-state index in [2.05, 4.69) is 66.8 Å². The third-order valence-electron chi connectivity index (χ3n) is 10.4. The molecule has 6 aromatic rings. The normalized spacial score (nSPS) is 12.6. The number of nitrogens with zero attached hydrogens (tertiary/aromatic N) is 6. The van der Waals surface area contributed by atoms with Crippen LogP contribution in [0.25, 0.3) is 32.9 Å². The largest absolute Gasteiger partial charge is 0.492 e. The van der Waals surface area contributed by atoms with Gasteiger partial charge in [-0.25, -0.2) is 9.97 Å². The van der Waals surface area contributed by atoms with E-state index in [-0.39, 0.29) is 24.7 Å². The Bertz CT molecular complexity index is 2510. The number of aryl methyl sites for hydroxylation is 1. The van der Waals surface area contributed by atoms with E-state index in [1.165, 1.54) is 5.39 Å². The first-order chi connectivity index (χ1) is 29.7. The zero-order valence-corrected chi connectivity index (χ0v) is 34.7. The van der Waals surface area contributed by atoms with E-state index in [9.17, 15) is 14.4 Å². The van der Waals surface area contributed by atoms with Crippen LogP contribution < -0.4 is 19.7 Å². The minimum Gasteiger partial charge on any atom is -0.492 e. The summed E-state index contributed by atoms with van der Waals surface area (Å²) in [5, 5.41) is 4.57. The van der Waals surface area contributed by atoms with Crippen molar-refractivity contribution < 1.29 is 33.4 Å². The Balaban J connectivity index is 0.00000149. The molecule has 0 radical (unpaired) electrons. The molecule has 1 N–H and O–H groups in total. The summed E-state index contributed by atoms with van der Waals surface area (Å²) in [7, 11) is 5.33. The number of anilines is 1. The number of carbonyl (C=O) groups is 4. The lowest BCUT2D eigenvalue weighted by Gasteiger charge is -2.40. The Morgan fingerprint density at radius 3 is 2.46 bits per heavy atom. The standard InChI is InChI=1S/C45H44N6O6.C2H5NO/c1-31(7-4-19-52)49(2)45(54)40-24-36(13-9-34(40)30-53)51-28-38(29-51)56-20-5-8-35-12-14-37(26-47-35)55-21-6-22-57-44-16-11-33(25-48-44)32-10-15-39-41-27-46-18-17-42(41)50(3)43(39)23-32;1-3-2-4/h9-19,23-27,30-31,38H,4,6-7,20-22,28-29H2,1-3H3;2H,1H3,(H,3,4). The van der Waals surface area contributed by atoms with E-state index >= 15 is 0 Å². The van der Waals surface area contributed by atoms with E-state index in [4.69, 9.17) is 19.0 Å². The number of carbonyl (C=O) groups excluding carboxylic acids is 4. The van der Waals surface area contributed by atoms with E-state index in [1.807, 2.05) is 61.9 Å². The van der Waals surface area contributed by atoms with Gasteiger partial charge in [0, 0.05) is 111 Å². The number of pyridine rings is 3. The van der Waals surface area contributed by atoms with Crippen molar-refractivity contribution in [2.45, 2.75) is 38.3 Å². The van der Waals surface area contributed by atoms with Crippen LogP contribution in [-0.4, -0.2) is 108 Å². The van der Waals surface area contributed by atoms with Gasteiger partial charge in [-0.2, -0.15) is 0 Å². The number of ether oxygens (including phenoxy) is 3. The Morgan fingerprint density at radius 1 is 0.934 bits per heavy atom. The van der Waals surface area contributed by atoms with Gasteiger partial charge in [0.2, 0.25) is 12.3 Å². The Morgan fingerprint density at radius 2 is 1.74 bits per heavy atom. The minimum absolute atomic E-state index is 0.00629. The van der Waals surface area contributed by atoms with Crippen LogP contribution in [0.1, 0.15) is 52.6 Å². The quantitative estimate of drug-likeness (QED) is 0.0663. The van der Waals surface area contributed by atoms with Crippen LogP contribution in [0.5, 0.6) is 11.6 Å². The second-order valence-corrected chi connectivity index (χ2v) is 14.4. The van der Waals surface area contributed by atoms with Crippen LogP contribution in [-0.2, 0) is 21.4 Å². The van der Waals surface area contributed by atoms with Gasteiger partial charge in [-0.3, -0.25) is 19.4 Å². The average Bonchev–Trinajstić information content (AvgIpc) is 3.57. The van der Waals surface area contributed by atoms with Crippen LogP contribution in [0, 0.1) is 11.8 Å². The monoisotopic (exact) mass is 823 g/mol. The van der Waals surface area contributed by atoms with Crippen molar-refractivity contribution in [3.63, 3.8) is 0 Å². The smallest absolute Gasteiger partial charge is 0.254 e. The summed E-state index contributed by atoms with van der Waals surface area (Å²) in [6, 6.07) is 21.2. The summed E-state index contributed by atoms with van der Waals surface area (Å²) in [6.07, 6.45) is 11.0. The molecular weight excluding hydrogens is 775 g/mol. The van der Waals surface area contributed by atoms with Gasteiger partial charge >= 0.3 is 0 Å². The highest BCUT2D eigenvalue weighted by Crippen LogP contribution is 2.32. The van der Waals surface area contributed by atoms with E-state index in [0.29, 0.717) is 86.7 Å². The van der Waals surface area contributed by atoms with Crippen LogP contribution in [0.4, 0.5) is 5.69 Å². The highest BCUT2D eigenvalue weighted by Gasteiger charge is 2.29. The molecule has 1 atom stereocenters. The maximum atomic E-state index is 13.2. The van der Waals surface area contributed by atoms with Crippen molar-refractivity contribution in [1.82, 2.24) is 29.7 Å². The van der Waals surface area contributed by atoms with Gasteiger partial charge in [0.1, 0.15) is 24.3 Å². The number of fused-ring (bicyclic) bond motifs is 3. The summed E-state index contributed by atoms with van der Waals surface area (Å²) < 4.78 is 19.8. The number of hydrogen-bond donors (Lipinski definition) is 1. The van der Waals surface area contributed by atoms with Crippen molar-refractivity contribution in [2.24, 2.45) is 7.05 Å². The first kappa shape index (κ1) is 43.5. The van der Waals surface area contributed by atoms with Crippen LogP contribution in [0.3, 0.4) is 0 Å². The van der Waals surface area contributed by atoms with Crippen LogP contribution >= 0.6 is 0 Å². The first-order valence-electron chi connectivity index (χ1n) is 20.0. The second-order valence-electron chi connectivity index (χ2n) is 14.4. The molecule has 5 heterocycles. The molecule has 4 aromatic heterocycles. The molecule has 0 spiro atoms. The maximum Gasteiger partial charge on any atom is 0.254 e. The van der Waals surface area contributed by atoms with Gasteiger partial charge in [-0.1, -0.05) is 18.1 Å². The molecule has 1 unspecified atom stereocenters. The van der Waals surface area contributed by atoms with E-state index < -0.39 is 0 Å². The zero-order valence-electron chi connectivity index (χ0n) is 34.7. The molecule has 314 valence electrons. The fourth-order valence-corrected chi connectivity index (χ4v) is 6.80. The van der Waals surface area contributed by atoms with Gasteiger partial charge in [-0.15, -0.1) is 0 Å². The molecule has 0 aliphatic carbocycles. The molecule has 0 bridgehead atoms. The Labute approximate surface area is 354 Å². The summed E-state index contributed by atoms with van der Waals surface area (Å²) in [5.74, 6) is 7.02. The lowest BCUT2D eigenvalue weighted by Crippen LogP contribution is -2.52. The van der Waals surface area contributed by atoms with Crippen LogP contribution in [0.15, 0.2) is 91.5 Å². The summed E-state index contributed by atoms with van der Waals surface area (Å²) in [6.45, 7) is 4.36. The Kier molecular flexibility index (Phi) is 15.1. The van der Waals surface area contributed by atoms with Gasteiger partial charge in [0.15, 0.2) is 6.29 Å². The molecular formula is C47H49N7O7. The number of amides is 2. The lowest BCUT2D eigenvalue weighted by atomic mass is 10.0. The maximum absolute atomic E-state index is 13.2. The zero-order chi connectivity index (χ0) is 43.1. The third-order valence-corrected chi connectivity index (χ3v) is 10.4.